The van der Waals surface area contributed by atoms with Crippen LogP contribution < -0.4 is 5.32 Å². The van der Waals surface area contributed by atoms with E-state index >= 15 is 0 Å². The number of halogens is 1. The molecule has 2 aromatic heterocycles. The van der Waals surface area contributed by atoms with Gasteiger partial charge in [-0.15, -0.1) is 0 Å². The van der Waals surface area contributed by atoms with Crippen LogP contribution in [0.5, 0.6) is 0 Å². The molecular formula is C16H22FN3O. The molecule has 0 bridgehead atoms. The predicted octanol–water partition coefficient (Wildman–Crippen LogP) is 3.42. The highest BCUT2D eigenvalue weighted by atomic mass is 19.1. The van der Waals surface area contributed by atoms with Crippen LogP contribution in [0.4, 0.5) is 4.39 Å². The number of nitrogens with one attached hydrogen (secondary N) is 1. The van der Waals surface area contributed by atoms with Gasteiger partial charge in [0.05, 0.1) is 0 Å². The van der Waals surface area contributed by atoms with Gasteiger partial charge in [-0.1, -0.05) is 20.8 Å². The molecule has 0 unspecified atom stereocenters. The van der Waals surface area contributed by atoms with Gasteiger partial charge in [-0.05, 0) is 37.8 Å². The van der Waals surface area contributed by atoms with Crippen molar-refractivity contribution in [3.63, 3.8) is 0 Å². The quantitative estimate of drug-likeness (QED) is 0.942. The number of imidazole rings is 1. The molecule has 0 fully saturated rings. The zero-order chi connectivity index (χ0) is 15.8. The van der Waals surface area contributed by atoms with Crippen molar-refractivity contribution in [1.82, 2.24) is 14.7 Å². The molecule has 0 atom stereocenters. The van der Waals surface area contributed by atoms with E-state index in [2.05, 4.69) is 31.1 Å². The van der Waals surface area contributed by atoms with Gasteiger partial charge < -0.3 is 9.72 Å². The van der Waals surface area contributed by atoms with Gasteiger partial charge in [0.15, 0.2) is 0 Å². The highest BCUT2D eigenvalue weighted by Crippen LogP contribution is 2.27. The fourth-order valence-electron chi connectivity index (χ4n) is 2.82. The molecule has 0 aromatic carbocycles. The number of nitrogens with zero attached hydrogens (tertiary/aromatic N) is 2. The molecule has 4 nitrogen and oxygen atoms in total. The second-order valence-electron chi connectivity index (χ2n) is 7.31. The van der Waals surface area contributed by atoms with Gasteiger partial charge in [0.2, 0.25) is 0 Å². The summed E-state index contributed by atoms with van der Waals surface area (Å²) in [5.74, 6) is -0.603. The van der Waals surface area contributed by atoms with Crippen LogP contribution in [0.2, 0.25) is 0 Å². The van der Waals surface area contributed by atoms with Gasteiger partial charge in [0.1, 0.15) is 17.2 Å². The standard InChI is InChI=1S/C16H22FN3O/c1-15(2,3)10-16(4,5)19-14(21)12-9-20-8-11(17)6-7-13(20)18-12/h6-9H,10H2,1-5H3,(H,19,21). The van der Waals surface area contributed by atoms with Crippen LogP contribution in [0.15, 0.2) is 24.5 Å². The van der Waals surface area contributed by atoms with Crippen LogP contribution in [0, 0.1) is 11.2 Å². The molecule has 2 aromatic rings. The molecule has 2 heterocycles. The van der Waals surface area contributed by atoms with Gasteiger partial charge in [-0.25, -0.2) is 9.37 Å². The first kappa shape index (κ1) is 15.5. The van der Waals surface area contributed by atoms with Crippen LogP contribution in [0.25, 0.3) is 5.65 Å². The van der Waals surface area contributed by atoms with E-state index in [-0.39, 0.29) is 22.7 Å². The third-order valence-corrected chi connectivity index (χ3v) is 3.07. The fourth-order valence-corrected chi connectivity index (χ4v) is 2.82. The molecule has 5 heteroatoms. The topological polar surface area (TPSA) is 46.4 Å². The van der Waals surface area contributed by atoms with Crippen molar-refractivity contribution in [2.24, 2.45) is 5.41 Å². The minimum absolute atomic E-state index is 0.110. The molecule has 2 rings (SSSR count). The first-order valence-electron chi connectivity index (χ1n) is 7.03. The van der Waals surface area contributed by atoms with E-state index in [1.165, 1.54) is 16.7 Å². The molecule has 0 aliphatic rings. The number of aromatic nitrogens is 2. The van der Waals surface area contributed by atoms with Crippen LogP contribution in [-0.4, -0.2) is 20.8 Å². The minimum atomic E-state index is -0.361. The SMILES string of the molecule is CC(C)(C)CC(C)(C)NC(=O)c1cn2cc(F)ccc2n1. The summed E-state index contributed by atoms with van der Waals surface area (Å²) in [5, 5.41) is 3.00. The smallest absolute Gasteiger partial charge is 0.271 e. The minimum Gasteiger partial charge on any atom is -0.346 e. The third-order valence-electron chi connectivity index (χ3n) is 3.07. The number of fused-ring (bicyclic) bond motifs is 1. The molecule has 0 saturated carbocycles. The van der Waals surface area contributed by atoms with Gasteiger partial charge in [0, 0.05) is 17.9 Å². The van der Waals surface area contributed by atoms with E-state index in [4.69, 9.17) is 0 Å². The number of rotatable bonds is 3. The lowest BCUT2D eigenvalue weighted by Crippen LogP contribution is -2.45. The number of carbonyl (C=O) groups excluding carboxylic acids is 1. The fraction of sp³-hybridized carbons (Fsp3) is 0.500. The molecule has 0 saturated heterocycles. The monoisotopic (exact) mass is 291 g/mol. The van der Waals surface area contributed by atoms with Crippen LogP contribution in [0.1, 0.15) is 51.5 Å². The van der Waals surface area contributed by atoms with Crippen molar-refractivity contribution in [3.8, 4) is 0 Å². The Balaban J connectivity index is 2.18. The Morgan fingerprint density at radius 1 is 1.24 bits per heavy atom. The summed E-state index contributed by atoms with van der Waals surface area (Å²) >= 11 is 0. The van der Waals surface area contributed by atoms with Gasteiger partial charge in [-0.2, -0.15) is 0 Å². The molecule has 114 valence electrons. The summed E-state index contributed by atoms with van der Waals surface area (Å²) in [6.07, 6.45) is 3.69. The maximum absolute atomic E-state index is 13.2. The molecular weight excluding hydrogens is 269 g/mol. The Bertz CT molecular complexity index is 668. The lowest BCUT2D eigenvalue weighted by atomic mass is 9.82. The van der Waals surface area contributed by atoms with Crippen LogP contribution >= 0.6 is 0 Å². The lowest BCUT2D eigenvalue weighted by molar-refractivity contribution is 0.0887. The summed E-state index contributed by atoms with van der Waals surface area (Å²) in [7, 11) is 0. The molecule has 1 amide bonds. The molecule has 0 aliphatic heterocycles. The van der Waals surface area contributed by atoms with Crippen LogP contribution in [0.3, 0.4) is 0 Å². The summed E-state index contributed by atoms with van der Waals surface area (Å²) in [4.78, 5) is 16.5. The second-order valence-corrected chi connectivity index (χ2v) is 7.31. The Morgan fingerprint density at radius 3 is 2.52 bits per heavy atom. The average Bonchev–Trinajstić information content (AvgIpc) is 2.67. The van der Waals surface area contributed by atoms with E-state index in [9.17, 15) is 9.18 Å². The normalized spacial score (nSPS) is 12.7. The Labute approximate surface area is 124 Å². The number of hydrogen-bond acceptors (Lipinski definition) is 2. The van der Waals surface area contributed by atoms with Crippen molar-refractivity contribution >= 4 is 11.6 Å². The Morgan fingerprint density at radius 2 is 1.90 bits per heavy atom. The Hall–Kier alpha value is -1.91. The van der Waals surface area contributed by atoms with E-state index in [0.717, 1.165) is 6.42 Å². The van der Waals surface area contributed by atoms with Crippen molar-refractivity contribution in [3.05, 3.63) is 36.0 Å². The summed E-state index contributed by atoms with van der Waals surface area (Å²) in [5.41, 5.74) is 0.618. The highest BCUT2D eigenvalue weighted by Gasteiger charge is 2.28. The zero-order valence-corrected chi connectivity index (χ0v) is 13.2. The van der Waals surface area contributed by atoms with Gasteiger partial charge in [-0.3, -0.25) is 4.79 Å². The second kappa shape index (κ2) is 5.13. The molecule has 1 N–H and O–H groups in total. The summed E-state index contributed by atoms with van der Waals surface area (Å²) in [6.45, 7) is 10.4. The lowest BCUT2D eigenvalue weighted by Gasteiger charge is -2.33. The first-order chi connectivity index (χ1) is 9.56. The van der Waals surface area contributed by atoms with Crippen molar-refractivity contribution in [1.29, 1.82) is 0 Å². The zero-order valence-electron chi connectivity index (χ0n) is 13.2. The summed E-state index contributed by atoms with van der Waals surface area (Å²) in [6, 6.07) is 2.87. The van der Waals surface area contributed by atoms with E-state index in [1.54, 1.807) is 12.3 Å². The van der Waals surface area contributed by atoms with Gasteiger partial charge in [0.25, 0.3) is 5.91 Å². The van der Waals surface area contributed by atoms with Crippen molar-refractivity contribution < 1.29 is 9.18 Å². The van der Waals surface area contributed by atoms with E-state index < -0.39 is 0 Å². The maximum atomic E-state index is 13.2. The predicted molar refractivity (Wildman–Crippen MR) is 80.8 cm³/mol. The number of hydrogen-bond donors (Lipinski definition) is 1. The van der Waals surface area contributed by atoms with Gasteiger partial charge >= 0.3 is 0 Å². The van der Waals surface area contributed by atoms with Crippen molar-refractivity contribution in [2.45, 2.75) is 46.6 Å². The van der Waals surface area contributed by atoms with E-state index in [1.807, 2.05) is 13.8 Å². The third kappa shape index (κ3) is 4.03. The van der Waals surface area contributed by atoms with E-state index in [0.29, 0.717) is 11.3 Å². The number of pyridine rings is 1. The molecule has 0 spiro atoms. The number of carbonyl (C=O) groups is 1. The Kier molecular flexibility index (Phi) is 3.78. The summed E-state index contributed by atoms with van der Waals surface area (Å²) < 4.78 is 14.7. The molecule has 0 aliphatic carbocycles. The molecule has 0 radical (unpaired) electrons. The largest absolute Gasteiger partial charge is 0.346 e. The van der Waals surface area contributed by atoms with Crippen LogP contribution in [-0.2, 0) is 0 Å². The molecule has 21 heavy (non-hydrogen) atoms. The number of amides is 1. The van der Waals surface area contributed by atoms with Crippen molar-refractivity contribution in [2.75, 3.05) is 0 Å². The average molecular weight is 291 g/mol. The highest BCUT2D eigenvalue weighted by molar-refractivity contribution is 5.93. The first-order valence-corrected chi connectivity index (χ1v) is 7.03. The maximum Gasteiger partial charge on any atom is 0.271 e.